The number of fused-ring (bicyclic) bond motifs is 1. The highest BCUT2D eigenvalue weighted by molar-refractivity contribution is 6.07. The first-order chi connectivity index (χ1) is 12.1. The van der Waals surface area contributed by atoms with E-state index in [0.29, 0.717) is 23.7 Å². The van der Waals surface area contributed by atoms with Gasteiger partial charge in [0, 0.05) is 29.6 Å². The van der Waals surface area contributed by atoms with Crippen LogP contribution in [0.25, 0.3) is 10.9 Å². The number of carbonyl (C=O) groups excluding carboxylic acids is 1. The number of benzene rings is 1. The molecule has 1 saturated carbocycles. The van der Waals surface area contributed by atoms with E-state index in [1.807, 2.05) is 18.2 Å². The van der Waals surface area contributed by atoms with Gasteiger partial charge in [0.25, 0.3) is 0 Å². The second-order valence-corrected chi connectivity index (χ2v) is 6.54. The van der Waals surface area contributed by atoms with Gasteiger partial charge in [-0.3, -0.25) is 9.78 Å². The average Bonchev–Trinajstić information content (AvgIpc) is 2.62. The standard InChI is InChI=1S/C19H22N2O4/c1-25-14-6-7-17-16(11-14)15(8-9-20-17)18(22)10-12-2-4-13(5-3-12)21-19(23)24/h6-9,11-13,21H,2-5,10H2,1H3,(H,23,24). The fraction of sp³-hybridized carbons (Fsp3) is 0.421. The Morgan fingerprint density at radius 2 is 2.00 bits per heavy atom. The number of ketones is 1. The number of carbonyl (C=O) groups is 2. The molecule has 2 aromatic rings. The summed E-state index contributed by atoms with van der Waals surface area (Å²) >= 11 is 0. The minimum absolute atomic E-state index is 0.00914. The van der Waals surface area contributed by atoms with Crippen molar-refractivity contribution < 1.29 is 19.4 Å². The van der Waals surface area contributed by atoms with Gasteiger partial charge in [0.2, 0.25) is 0 Å². The maximum Gasteiger partial charge on any atom is 0.404 e. The summed E-state index contributed by atoms with van der Waals surface area (Å²) < 4.78 is 5.26. The van der Waals surface area contributed by atoms with E-state index in [0.717, 1.165) is 36.6 Å². The summed E-state index contributed by atoms with van der Waals surface area (Å²) in [6, 6.07) is 7.31. The molecule has 132 valence electrons. The summed E-state index contributed by atoms with van der Waals surface area (Å²) in [4.78, 5) is 27.8. The number of rotatable bonds is 5. The molecule has 25 heavy (non-hydrogen) atoms. The van der Waals surface area contributed by atoms with Crippen LogP contribution >= 0.6 is 0 Å². The van der Waals surface area contributed by atoms with Gasteiger partial charge in [0.05, 0.1) is 12.6 Å². The van der Waals surface area contributed by atoms with Gasteiger partial charge < -0.3 is 15.2 Å². The molecule has 1 aliphatic carbocycles. The molecule has 0 aliphatic heterocycles. The van der Waals surface area contributed by atoms with Gasteiger partial charge in [0.15, 0.2) is 5.78 Å². The van der Waals surface area contributed by atoms with E-state index in [9.17, 15) is 9.59 Å². The second-order valence-electron chi connectivity index (χ2n) is 6.54. The molecule has 1 aromatic heterocycles. The van der Waals surface area contributed by atoms with E-state index >= 15 is 0 Å². The quantitative estimate of drug-likeness (QED) is 0.810. The van der Waals surface area contributed by atoms with Crippen LogP contribution in [0.5, 0.6) is 5.75 Å². The fourth-order valence-electron chi connectivity index (χ4n) is 3.55. The molecule has 0 saturated heterocycles. The third kappa shape index (κ3) is 4.07. The third-order valence-corrected chi connectivity index (χ3v) is 4.90. The van der Waals surface area contributed by atoms with Crippen molar-refractivity contribution in [3.05, 3.63) is 36.0 Å². The van der Waals surface area contributed by atoms with Gasteiger partial charge in [0.1, 0.15) is 5.75 Å². The van der Waals surface area contributed by atoms with E-state index in [1.165, 1.54) is 0 Å². The van der Waals surface area contributed by atoms with Crippen molar-refractivity contribution in [2.75, 3.05) is 7.11 Å². The van der Waals surface area contributed by atoms with Crippen LogP contribution in [-0.4, -0.2) is 35.1 Å². The average molecular weight is 342 g/mol. The lowest BCUT2D eigenvalue weighted by Crippen LogP contribution is -2.36. The number of ether oxygens (including phenoxy) is 1. The van der Waals surface area contributed by atoms with Crippen LogP contribution in [-0.2, 0) is 0 Å². The van der Waals surface area contributed by atoms with Gasteiger partial charge >= 0.3 is 6.09 Å². The number of carboxylic acid groups (broad SMARTS) is 1. The molecule has 0 unspecified atom stereocenters. The zero-order valence-corrected chi connectivity index (χ0v) is 14.2. The lowest BCUT2D eigenvalue weighted by molar-refractivity contribution is 0.0946. The van der Waals surface area contributed by atoms with E-state index in [-0.39, 0.29) is 11.8 Å². The Kier molecular flexibility index (Phi) is 5.16. The molecular weight excluding hydrogens is 320 g/mol. The number of hydrogen-bond acceptors (Lipinski definition) is 4. The van der Waals surface area contributed by atoms with E-state index in [4.69, 9.17) is 9.84 Å². The Labute approximate surface area is 146 Å². The summed E-state index contributed by atoms with van der Waals surface area (Å²) in [5.41, 5.74) is 1.45. The number of amides is 1. The minimum Gasteiger partial charge on any atom is -0.497 e. The Morgan fingerprint density at radius 1 is 1.24 bits per heavy atom. The summed E-state index contributed by atoms with van der Waals surface area (Å²) in [7, 11) is 1.60. The number of nitrogens with zero attached hydrogens (tertiary/aromatic N) is 1. The number of Topliss-reactive ketones (excluding diaryl/α,β-unsaturated/α-hetero) is 1. The van der Waals surface area contributed by atoms with Crippen LogP contribution in [0.15, 0.2) is 30.5 Å². The summed E-state index contributed by atoms with van der Waals surface area (Å²) in [6.45, 7) is 0. The SMILES string of the molecule is COc1ccc2nccc(C(=O)CC3CCC(NC(=O)O)CC3)c2c1. The molecule has 1 amide bonds. The Hall–Kier alpha value is -2.63. The van der Waals surface area contributed by atoms with Crippen LogP contribution in [0.2, 0.25) is 0 Å². The fourth-order valence-corrected chi connectivity index (χ4v) is 3.55. The van der Waals surface area contributed by atoms with Crippen molar-refractivity contribution in [1.82, 2.24) is 10.3 Å². The summed E-state index contributed by atoms with van der Waals surface area (Å²) in [5, 5.41) is 12.1. The van der Waals surface area contributed by atoms with Crippen molar-refractivity contribution in [3.8, 4) is 5.75 Å². The predicted molar refractivity (Wildman–Crippen MR) is 94.1 cm³/mol. The van der Waals surface area contributed by atoms with Gasteiger partial charge in [-0.2, -0.15) is 0 Å². The highest BCUT2D eigenvalue weighted by Gasteiger charge is 2.25. The maximum atomic E-state index is 12.8. The summed E-state index contributed by atoms with van der Waals surface area (Å²) in [6.07, 6.45) is 4.47. The van der Waals surface area contributed by atoms with Gasteiger partial charge in [-0.05, 0) is 55.9 Å². The van der Waals surface area contributed by atoms with Crippen LogP contribution < -0.4 is 10.1 Å². The summed E-state index contributed by atoms with van der Waals surface area (Å²) in [5.74, 6) is 1.11. The van der Waals surface area contributed by atoms with Crippen LogP contribution in [0.1, 0.15) is 42.5 Å². The van der Waals surface area contributed by atoms with Gasteiger partial charge in [-0.1, -0.05) is 0 Å². The first kappa shape index (κ1) is 17.2. The van der Waals surface area contributed by atoms with Gasteiger partial charge in [-0.15, -0.1) is 0 Å². The first-order valence-electron chi connectivity index (χ1n) is 8.52. The van der Waals surface area contributed by atoms with Crippen LogP contribution in [0, 0.1) is 5.92 Å². The molecule has 3 rings (SSSR count). The number of aromatic nitrogens is 1. The normalized spacial score (nSPS) is 20.2. The van der Waals surface area contributed by atoms with Crippen LogP contribution in [0.4, 0.5) is 4.79 Å². The molecule has 1 aromatic carbocycles. The maximum absolute atomic E-state index is 12.8. The van der Waals surface area contributed by atoms with Crippen molar-refractivity contribution in [1.29, 1.82) is 0 Å². The second kappa shape index (κ2) is 7.51. The van der Waals surface area contributed by atoms with E-state index in [1.54, 1.807) is 19.4 Å². The van der Waals surface area contributed by atoms with Crippen molar-refractivity contribution in [2.24, 2.45) is 5.92 Å². The molecule has 0 bridgehead atoms. The first-order valence-corrected chi connectivity index (χ1v) is 8.52. The highest BCUT2D eigenvalue weighted by atomic mass is 16.5. The minimum atomic E-state index is -0.975. The Balaban J connectivity index is 1.70. The number of pyridine rings is 1. The molecule has 0 atom stereocenters. The molecule has 1 aliphatic rings. The zero-order valence-electron chi connectivity index (χ0n) is 14.2. The van der Waals surface area contributed by atoms with Crippen molar-refractivity contribution in [3.63, 3.8) is 0 Å². The largest absolute Gasteiger partial charge is 0.497 e. The Bertz CT molecular complexity index is 782. The van der Waals surface area contributed by atoms with Crippen LogP contribution in [0.3, 0.4) is 0 Å². The molecule has 0 spiro atoms. The van der Waals surface area contributed by atoms with Crippen molar-refractivity contribution >= 4 is 22.8 Å². The predicted octanol–water partition coefficient (Wildman–Crippen LogP) is 3.64. The topological polar surface area (TPSA) is 88.5 Å². The Morgan fingerprint density at radius 3 is 2.68 bits per heavy atom. The highest BCUT2D eigenvalue weighted by Crippen LogP contribution is 2.30. The molecule has 0 radical (unpaired) electrons. The lowest BCUT2D eigenvalue weighted by atomic mass is 9.82. The van der Waals surface area contributed by atoms with E-state index in [2.05, 4.69) is 10.3 Å². The number of hydrogen-bond donors (Lipinski definition) is 2. The molecule has 2 N–H and O–H groups in total. The molecular formula is C19H22N2O4. The molecule has 1 fully saturated rings. The number of nitrogens with one attached hydrogen (secondary N) is 1. The molecule has 6 nitrogen and oxygen atoms in total. The lowest BCUT2D eigenvalue weighted by Gasteiger charge is -2.28. The zero-order chi connectivity index (χ0) is 17.8. The number of methoxy groups -OCH3 is 1. The van der Waals surface area contributed by atoms with Crippen molar-refractivity contribution in [2.45, 2.75) is 38.1 Å². The van der Waals surface area contributed by atoms with E-state index < -0.39 is 6.09 Å². The molecule has 1 heterocycles. The monoisotopic (exact) mass is 342 g/mol. The third-order valence-electron chi connectivity index (χ3n) is 4.90. The molecule has 6 heteroatoms. The van der Waals surface area contributed by atoms with Gasteiger partial charge in [-0.25, -0.2) is 4.79 Å². The smallest absolute Gasteiger partial charge is 0.404 e.